The smallest absolute Gasteiger partial charge is 0.317 e. The number of thiazole rings is 1. The zero-order valence-corrected chi connectivity index (χ0v) is 7.23. The Hall–Kier alpha value is -1.10. The van der Waals surface area contributed by atoms with Gasteiger partial charge in [-0.05, 0) is 12.8 Å². The van der Waals surface area contributed by atoms with Crippen molar-refractivity contribution in [2.45, 2.75) is 18.8 Å². The minimum absolute atomic E-state index is 0.513. The summed E-state index contributed by atoms with van der Waals surface area (Å²) >= 11 is 1.42. The number of urea groups is 1. The number of rotatable bonds is 2. The van der Waals surface area contributed by atoms with Gasteiger partial charge in [0.25, 0.3) is 0 Å². The zero-order valence-electron chi connectivity index (χ0n) is 6.41. The summed E-state index contributed by atoms with van der Waals surface area (Å²) in [6.07, 6.45) is 2.36. The molecule has 1 heterocycles. The maximum absolute atomic E-state index is 10.6. The summed E-state index contributed by atoms with van der Waals surface area (Å²) in [6.45, 7) is 0. The number of hydrogen-bond donors (Lipinski definition) is 2. The normalized spacial score (nSPS) is 16.0. The van der Waals surface area contributed by atoms with Gasteiger partial charge in [-0.25, -0.2) is 9.78 Å². The predicted molar refractivity (Wildman–Crippen MR) is 47.3 cm³/mol. The number of carbonyl (C=O) groups is 1. The molecule has 12 heavy (non-hydrogen) atoms. The Kier molecular flexibility index (Phi) is 1.73. The minimum atomic E-state index is -0.513. The van der Waals surface area contributed by atoms with Crippen LogP contribution in [0.5, 0.6) is 0 Å². The summed E-state index contributed by atoms with van der Waals surface area (Å²) < 4.78 is 0. The first-order valence-corrected chi connectivity index (χ1v) is 4.65. The number of nitrogens with zero attached hydrogens (tertiary/aromatic N) is 1. The lowest BCUT2D eigenvalue weighted by Crippen LogP contribution is -2.19. The van der Waals surface area contributed by atoms with Crippen LogP contribution in [0, 0.1) is 0 Å². The molecule has 4 nitrogen and oxygen atoms in total. The van der Waals surface area contributed by atoms with Gasteiger partial charge in [-0.3, -0.25) is 5.32 Å². The summed E-state index contributed by atoms with van der Waals surface area (Å²) in [5, 5.41) is 3.38. The molecule has 1 aromatic rings. The lowest BCUT2D eigenvalue weighted by Gasteiger charge is -1.98. The van der Waals surface area contributed by atoms with Crippen molar-refractivity contribution in [3.05, 3.63) is 11.2 Å². The van der Waals surface area contributed by atoms with Gasteiger partial charge in [-0.2, -0.15) is 0 Å². The standard InChI is InChI=1S/C7H9N3OS/c8-7(11)10-6-5(4-1-2-4)9-3-12-6/h3-4H,1-2H2,(H3,8,10,11). The van der Waals surface area contributed by atoms with Crippen molar-refractivity contribution in [1.29, 1.82) is 0 Å². The van der Waals surface area contributed by atoms with E-state index < -0.39 is 6.03 Å². The maximum atomic E-state index is 10.6. The third-order valence-corrected chi connectivity index (χ3v) is 2.55. The van der Waals surface area contributed by atoms with Gasteiger partial charge in [-0.1, -0.05) is 0 Å². The fourth-order valence-corrected chi connectivity index (χ4v) is 1.88. The first-order valence-electron chi connectivity index (χ1n) is 3.77. The number of anilines is 1. The Balaban J connectivity index is 2.18. The Morgan fingerprint density at radius 3 is 3.08 bits per heavy atom. The number of hydrogen-bond acceptors (Lipinski definition) is 3. The van der Waals surface area contributed by atoms with Crippen molar-refractivity contribution in [2.24, 2.45) is 5.73 Å². The van der Waals surface area contributed by atoms with E-state index in [9.17, 15) is 4.79 Å². The van der Waals surface area contributed by atoms with E-state index in [4.69, 9.17) is 5.73 Å². The van der Waals surface area contributed by atoms with E-state index in [1.54, 1.807) is 5.51 Å². The minimum Gasteiger partial charge on any atom is -0.351 e. The second-order valence-corrected chi connectivity index (χ2v) is 3.69. The van der Waals surface area contributed by atoms with Gasteiger partial charge in [0.05, 0.1) is 11.2 Å². The molecule has 0 spiro atoms. The quantitative estimate of drug-likeness (QED) is 0.729. The SMILES string of the molecule is NC(=O)Nc1scnc1C1CC1. The monoisotopic (exact) mass is 183 g/mol. The van der Waals surface area contributed by atoms with Crippen LogP contribution in [0.25, 0.3) is 0 Å². The van der Waals surface area contributed by atoms with Crippen LogP contribution < -0.4 is 11.1 Å². The lowest BCUT2D eigenvalue weighted by molar-refractivity contribution is 0.259. The molecule has 1 aliphatic carbocycles. The number of nitrogens with one attached hydrogen (secondary N) is 1. The van der Waals surface area contributed by atoms with E-state index in [1.165, 1.54) is 24.2 Å². The number of aromatic nitrogens is 1. The molecular formula is C7H9N3OS. The molecule has 1 fully saturated rings. The number of primary amides is 1. The number of carbonyl (C=O) groups excluding carboxylic acids is 1. The predicted octanol–water partition coefficient (Wildman–Crippen LogP) is 1.51. The van der Waals surface area contributed by atoms with Crippen LogP contribution in [0.1, 0.15) is 24.5 Å². The van der Waals surface area contributed by atoms with Gasteiger partial charge >= 0.3 is 6.03 Å². The van der Waals surface area contributed by atoms with Crippen molar-refractivity contribution in [2.75, 3.05) is 5.32 Å². The van der Waals surface area contributed by atoms with Crippen LogP contribution in [0.15, 0.2) is 5.51 Å². The zero-order chi connectivity index (χ0) is 8.55. The second kappa shape index (κ2) is 2.75. The molecule has 0 bridgehead atoms. The van der Waals surface area contributed by atoms with Gasteiger partial charge in [0.2, 0.25) is 0 Å². The molecule has 0 saturated heterocycles. The average Bonchev–Trinajstić information content (AvgIpc) is 2.73. The van der Waals surface area contributed by atoms with Gasteiger partial charge in [0.1, 0.15) is 5.00 Å². The topological polar surface area (TPSA) is 68.0 Å². The van der Waals surface area contributed by atoms with Crippen LogP contribution in [0.4, 0.5) is 9.80 Å². The largest absolute Gasteiger partial charge is 0.351 e. The third-order valence-electron chi connectivity index (χ3n) is 1.80. The van der Waals surface area contributed by atoms with E-state index in [-0.39, 0.29) is 0 Å². The fraction of sp³-hybridized carbons (Fsp3) is 0.429. The van der Waals surface area contributed by atoms with Crippen LogP contribution in [0.2, 0.25) is 0 Å². The molecule has 3 N–H and O–H groups in total. The van der Waals surface area contributed by atoms with Crippen molar-refractivity contribution in [3.63, 3.8) is 0 Å². The maximum Gasteiger partial charge on any atom is 0.317 e. The van der Waals surface area contributed by atoms with E-state index in [0.717, 1.165) is 10.7 Å². The fourth-order valence-electron chi connectivity index (χ4n) is 1.11. The molecule has 5 heteroatoms. The van der Waals surface area contributed by atoms with Crippen molar-refractivity contribution in [3.8, 4) is 0 Å². The number of amides is 2. The average molecular weight is 183 g/mol. The summed E-state index contributed by atoms with van der Waals surface area (Å²) in [5.74, 6) is 0.554. The molecule has 0 radical (unpaired) electrons. The van der Waals surface area contributed by atoms with Gasteiger partial charge < -0.3 is 5.73 Å². The Bertz CT molecular complexity index is 305. The molecule has 1 saturated carbocycles. The summed E-state index contributed by atoms with van der Waals surface area (Å²) in [4.78, 5) is 14.7. The van der Waals surface area contributed by atoms with Crippen molar-refractivity contribution >= 4 is 22.4 Å². The van der Waals surface area contributed by atoms with Crippen LogP contribution in [0.3, 0.4) is 0 Å². The molecule has 2 rings (SSSR count). The Morgan fingerprint density at radius 1 is 1.75 bits per heavy atom. The molecular weight excluding hydrogens is 174 g/mol. The van der Waals surface area contributed by atoms with E-state index in [1.807, 2.05) is 0 Å². The molecule has 0 unspecified atom stereocenters. The summed E-state index contributed by atoms with van der Waals surface area (Å²) in [7, 11) is 0. The molecule has 0 aromatic carbocycles. The first-order chi connectivity index (χ1) is 5.77. The summed E-state index contributed by atoms with van der Waals surface area (Å²) in [6, 6.07) is -0.513. The van der Waals surface area contributed by atoms with Gasteiger partial charge in [0, 0.05) is 5.92 Å². The molecule has 1 aliphatic rings. The first kappa shape index (κ1) is 7.54. The highest BCUT2D eigenvalue weighted by Crippen LogP contribution is 2.43. The summed E-state index contributed by atoms with van der Waals surface area (Å²) in [5.41, 5.74) is 7.74. The van der Waals surface area contributed by atoms with Gasteiger partial charge in [-0.15, -0.1) is 11.3 Å². The Labute approximate surface area is 73.8 Å². The van der Waals surface area contributed by atoms with E-state index in [0.29, 0.717) is 5.92 Å². The highest BCUT2D eigenvalue weighted by Gasteiger charge is 2.28. The van der Waals surface area contributed by atoms with E-state index >= 15 is 0 Å². The highest BCUT2D eigenvalue weighted by atomic mass is 32.1. The van der Waals surface area contributed by atoms with Crippen LogP contribution >= 0.6 is 11.3 Å². The van der Waals surface area contributed by atoms with Crippen molar-refractivity contribution < 1.29 is 4.79 Å². The lowest BCUT2D eigenvalue weighted by atomic mass is 10.3. The molecule has 2 amide bonds. The third kappa shape index (κ3) is 1.40. The Morgan fingerprint density at radius 2 is 2.50 bits per heavy atom. The van der Waals surface area contributed by atoms with Crippen molar-refractivity contribution in [1.82, 2.24) is 4.98 Å². The molecule has 0 atom stereocenters. The number of nitrogens with two attached hydrogens (primary N) is 1. The highest BCUT2D eigenvalue weighted by molar-refractivity contribution is 7.14. The molecule has 1 aromatic heterocycles. The molecule has 0 aliphatic heterocycles. The van der Waals surface area contributed by atoms with Crippen LogP contribution in [-0.2, 0) is 0 Å². The van der Waals surface area contributed by atoms with E-state index in [2.05, 4.69) is 10.3 Å². The second-order valence-electron chi connectivity index (χ2n) is 2.83. The molecule has 64 valence electrons. The van der Waals surface area contributed by atoms with Gasteiger partial charge in [0.15, 0.2) is 0 Å². The van der Waals surface area contributed by atoms with Crippen LogP contribution in [-0.4, -0.2) is 11.0 Å².